The van der Waals surface area contributed by atoms with E-state index in [2.05, 4.69) is 16.7 Å². The van der Waals surface area contributed by atoms with Crippen LogP contribution < -0.4 is 0 Å². The van der Waals surface area contributed by atoms with E-state index in [-0.39, 0.29) is 0 Å². The lowest BCUT2D eigenvalue weighted by Gasteiger charge is -2.28. The number of carbonyl (C=O) groups is 1. The minimum Gasteiger partial charge on any atom is -0.329 e. The van der Waals surface area contributed by atoms with Gasteiger partial charge in [-0.05, 0) is 45.2 Å². The first-order chi connectivity index (χ1) is 9.31. The summed E-state index contributed by atoms with van der Waals surface area (Å²) < 4.78 is 0. The fourth-order valence-corrected chi connectivity index (χ4v) is 4.05. The Balaban J connectivity index is 1.72. The molecule has 0 N–H and O–H groups in total. The number of thioether (sulfide) groups is 1. The molecule has 1 atom stereocenters. The monoisotopic (exact) mass is 284 g/mol. The Morgan fingerprint density at radius 3 is 2.68 bits per heavy atom. The standard InChI is InChI=1S/C15H28N2OS/c1-2-3-6-12-19-15(18)17-11-7-8-14(17)13-16-9-4-5-10-16/h14H,2-13H2,1H3. The molecule has 110 valence electrons. The summed E-state index contributed by atoms with van der Waals surface area (Å²) in [6.07, 6.45) is 8.74. The molecule has 2 saturated heterocycles. The Hall–Kier alpha value is -0.220. The van der Waals surface area contributed by atoms with Crippen molar-refractivity contribution in [1.82, 2.24) is 9.80 Å². The van der Waals surface area contributed by atoms with Crippen LogP contribution >= 0.6 is 11.8 Å². The van der Waals surface area contributed by atoms with Gasteiger partial charge in [0.15, 0.2) is 0 Å². The molecule has 0 saturated carbocycles. The van der Waals surface area contributed by atoms with Crippen LogP contribution in [0.15, 0.2) is 0 Å². The van der Waals surface area contributed by atoms with Crippen LogP contribution in [0.4, 0.5) is 4.79 Å². The third-order valence-corrected chi connectivity index (χ3v) is 5.23. The van der Waals surface area contributed by atoms with Crippen molar-refractivity contribution in [2.24, 2.45) is 0 Å². The zero-order valence-corrected chi connectivity index (χ0v) is 13.1. The van der Waals surface area contributed by atoms with Crippen LogP contribution in [0, 0.1) is 0 Å². The van der Waals surface area contributed by atoms with E-state index in [0.717, 1.165) is 18.8 Å². The van der Waals surface area contributed by atoms with Crippen molar-refractivity contribution in [2.75, 3.05) is 31.9 Å². The number of unbranched alkanes of at least 4 members (excludes halogenated alkanes) is 2. The van der Waals surface area contributed by atoms with Gasteiger partial charge in [0.25, 0.3) is 5.24 Å². The van der Waals surface area contributed by atoms with Gasteiger partial charge in [-0.15, -0.1) is 0 Å². The van der Waals surface area contributed by atoms with Crippen molar-refractivity contribution in [3.63, 3.8) is 0 Å². The SMILES string of the molecule is CCCCCSC(=O)N1CCCC1CN1CCCC1. The van der Waals surface area contributed by atoms with Crippen molar-refractivity contribution in [3.05, 3.63) is 0 Å². The first-order valence-corrected chi connectivity index (χ1v) is 8.95. The van der Waals surface area contributed by atoms with Crippen LogP contribution in [0.3, 0.4) is 0 Å². The van der Waals surface area contributed by atoms with Crippen molar-refractivity contribution >= 4 is 17.0 Å². The maximum absolute atomic E-state index is 12.3. The summed E-state index contributed by atoms with van der Waals surface area (Å²) in [7, 11) is 0. The highest BCUT2D eigenvalue weighted by atomic mass is 32.2. The number of rotatable bonds is 6. The molecule has 0 radical (unpaired) electrons. The molecule has 2 rings (SSSR count). The maximum Gasteiger partial charge on any atom is 0.281 e. The summed E-state index contributed by atoms with van der Waals surface area (Å²) >= 11 is 1.54. The summed E-state index contributed by atoms with van der Waals surface area (Å²) in [6, 6.07) is 0.490. The predicted octanol–water partition coefficient (Wildman–Crippen LogP) is 3.59. The van der Waals surface area contributed by atoms with Crippen LogP contribution in [-0.4, -0.2) is 53.0 Å². The molecule has 3 nitrogen and oxygen atoms in total. The van der Waals surface area contributed by atoms with Crippen LogP contribution in [0.25, 0.3) is 0 Å². The fourth-order valence-electron chi connectivity index (χ4n) is 3.12. The van der Waals surface area contributed by atoms with Crippen LogP contribution in [0.1, 0.15) is 51.9 Å². The van der Waals surface area contributed by atoms with Gasteiger partial charge in [0.1, 0.15) is 0 Å². The number of likely N-dealkylation sites (tertiary alicyclic amines) is 2. The van der Waals surface area contributed by atoms with Crippen molar-refractivity contribution < 1.29 is 4.79 Å². The molecule has 0 aromatic heterocycles. The number of hydrogen-bond acceptors (Lipinski definition) is 3. The molecule has 1 amide bonds. The zero-order valence-electron chi connectivity index (χ0n) is 12.3. The molecule has 2 heterocycles. The van der Waals surface area contributed by atoms with Crippen LogP contribution in [0.2, 0.25) is 0 Å². The number of carbonyl (C=O) groups excluding carboxylic acids is 1. The third kappa shape index (κ3) is 4.67. The highest BCUT2D eigenvalue weighted by Gasteiger charge is 2.30. The topological polar surface area (TPSA) is 23.6 Å². The minimum absolute atomic E-state index is 0.331. The second kappa shape index (κ2) is 8.15. The van der Waals surface area contributed by atoms with Gasteiger partial charge in [-0.1, -0.05) is 31.5 Å². The van der Waals surface area contributed by atoms with Gasteiger partial charge in [-0.25, -0.2) is 0 Å². The molecule has 19 heavy (non-hydrogen) atoms. The highest BCUT2D eigenvalue weighted by Crippen LogP contribution is 2.24. The summed E-state index contributed by atoms with van der Waals surface area (Å²) in [5.41, 5.74) is 0. The molecule has 2 aliphatic rings. The van der Waals surface area contributed by atoms with E-state index in [4.69, 9.17) is 0 Å². The molecule has 1 unspecified atom stereocenters. The first kappa shape index (κ1) is 15.2. The lowest BCUT2D eigenvalue weighted by Crippen LogP contribution is -2.41. The number of amides is 1. The van der Waals surface area contributed by atoms with E-state index in [1.165, 1.54) is 58.0 Å². The molecule has 0 aliphatic carbocycles. The quantitative estimate of drug-likeness (QED) is 0.696. The minimum atomic E-state index is 0.331. The van der Waals surface area contributed by atoms with E-state index in [0.29, 0.717) is 11.3 Å². The van der Waals surface area contributed by atoms with Crippen molar-refractivity contribution in [1.29, 1.82) is 0 Å². The molecular formula is C15H28N2OS. The van der Waals surface area contributed by atoms with Gasteiger partial charge >= 0.3 is 0 Å². The third-order valence-electron chi connectivity index (χ3n) is 4.25. The Morgan fingerprint density at radius 2 is 1.95 bits per heavy atom. The number of hydrogen-bond donors (Lipinski definition) is 0. The Labute approximate surface area is 122 Å². The summed E-state index contributed by atoms with van der Waals surface area (Å²) in [5.74, 6) is 1.000. The first-order valence-electron chi connectivity index (χ1n) is 7.97. The van der Waals surface area contributed by atoms with E-state index in [1.54, 1.807) is 11.8 Å². The molecule has 2 aliphatic heterocycles. The molecule has 0 aromatic rings. The van der Waals surface area contributed by atoms with E-state index < -0.39 is 0 Å². The van der Waals surface area contributed by atoms with E-state index in [1.807, 2.05) is 0 Å². The Morgan fingerprint density at radius 1 is 1.16 bits per heavy atom. The molecular weight excluding hydrogens is 256 g/mol. The maximum atomic E-state index is 12.3. The second-order valence-corrected chi connectivity index (χ2v) is 6.86. The number of nitrogens with zero attached hydrogens (tertiary/aromatic N) is 2. The van der Waals surface area contributed by atoms with Gasteiger partial charge in [-0.2, -0.15) is 0 Å². The molecule has 2 fully saturated rings. The predicted molar refractivity (Wildman–Crippen MR) is 82.8 cm³/mol. The molecule has 0 spiro atoms. The summed E-state index contributed by atoms with van der Waals surface area (Å²) in [5, 5.41) is 0.331. The lowest BCUT2D eigenvalue weighted by molar-refractivity contribution is 0.196. The second-order valence-electron chi connectivity index (χ2n) is 5.82. The smallest absolute Gasteiger partial charge is 0.281 e. The normalized spacial score (nSPS) is 24.3. The van der Waals surface area contributed by atoms with Crippen molar-refractivity contribution in [2.45, 2.75) is 57.9 Å². The molecule has 4 heteroatoms. The van der Waals surface area contributed by atoms with E-state index in [9.17, 15) is 4.79 Å². The summed E-state index contributed by atoms with van der Waals surface area (Å²) in [6.45, 7) is 6.78. The average molecular weight is 284 g/mol. The summed E-state index contributed by atoms with van der Waals surface area (Å²) in [4.78, 5) is 17.0. The molecule has 0 aromatic carbocycles. The van der Waals surface area contributed by atoms with Gasteiger partial charge in [0.2, 0.25) is 0 Å². The zero-order chi connectivity index (χ0) is 13.5. The van der Waals surface area contributed by atoms with Gasteiger partial charge in [0, 0.05) is 24.9 Å². The lowest BCUT2D eigenvalue weighted by atomic mass is 10.2. The Bertz CT molecular complexity index is 279. The van der Waals surface area contributed by atoms with Crippen molar-refractivity contribution in [3.8, 4) is 0 Å². The fraction of sp³-hybridized carbons (Fsp3) is 0.933. The van der Waals surface area contributed by atoms with Crippen LogP contribution in [-0.2, 0) is 0 Å². The van der Waals surface area contributed by atoms with E-state index >= 15 is 0 Å². The van der Waals surface area contributed by atoms with Gasteiger partial charge < -0.3 is 9.80 Å². The highest BCUT2D eigenvalue weighted by molar-refractivity contribution is 8.13. The van der Waals surface area contributed by atoms with Gasteiger partial charge in [-0.3, -0.25) is 4.79 Å². The van der Waals surface area contributed by atoms with Gasteiger partial charge in [0.05, 0.1) is 0 Å². The molecule has 0 bridgehead atoms. The van der Waals surface area contributed by atoms with Crippen LogP contribution in [0.5, 0.6) is 0 Å². The average Bonchev–Trinajstić information content (AvgIpc) is 3.06. The Kier molecular flexibility index (Phi) is 6.51. The largest absolute Gasteiger partial charge is 0.329 e.